The molecule has 5 N–H and O–H groups in total. The van der Waals surface area contributed by atoms with Crippen LogP contribution in [0.15, 0.2) is 0 Å². The van der Waals surface area contributed by atoms with Crippen molar-refractivity contribution in [3.8, 4) is 0 Å². The van der Waals surface area contributed by atoms with Gasteiger partial charge >= 0.3 is 11.4 Å². The Morgan fingerprint density at radius 1 is 1.20 bits per heavy atom. The van der Waals surface area contributed by atoms with Crippen LogP contribution < -0.4 is 5.32 Å². The lowest BCUT2D eigenvalue weighted by molar-refractivity contribution is 0.0419. The molecule has 1 atom stereocenters. The molecule has 0 aromatic rings. The van der Waals surface area contributed by atoms with Crippen LogP contribution in [0.4, 0.5) is 0 Å². The lowest BCUT2D eigenvalue weighted by atomic mass is 10.0. The third kappa shape index (κ3) is 6.15. The molecule has 92 valence electrons. The Kier molecular flexibility index (Phi) is 8.06. The first-order valence-corrected chi connectivity index (χ1v) is 5.45. The molecule has 0 aliphatic heterocycles. The predicted octanol–water partition coefficient (Wildman–Crippen LogP) is -2.16. The van der Waals surface area contributed by atoms with Gasteiger partial charge in [0.25, 0.3) is 0 Å². The van der Waals surface area contributed by atoms with Crippen molar-refractivity contribution in [2.45, 2.75) is 12.0 Å². The van der Waals surface area contributed by atoms with Crippen LogP contribution >= 0.6 is 0 Å². The Hall–Kier alpha value is -0.0900. The first-order valence-electron chi connectivity index (χ1n) is 4.42. The molecule has 0 spiro atoms. The van der Waals surface area contributed by atoms with E-state index in [9.17, 15) is 4.21 Å². The zero-order valence-electron chi connectivity index (χ0n) is 8.26. The van der Waals surface area contributed by atoms with Crippen LogP contribution in [0, 0.1) is 0 Å². The zero-order valence-corrected chi connectivity index (χ0v) is 9.07. The molecule has 7 nitrogen and oxygen atoms in total. The summed E-state index contributed by atoms with van der Waals surface area (Å²) in [6, 6.07) is 0. The minimum absolute atomic E-state index is 0.0779. The molecule has 0 radical (unpaired) electrons. The highest BCUT2D eigenvalue weighted by Crippen LogP contribution is 2.01. The smallest absolute Gasteiger partial charge is 0.301 e. The standard InChI is InChI=1S/C7H17NO6S/c9-4-7(5-10,6-11)8-2-1-3-14-15(12)13/h8-11H,1-6H2,(H,12,13). The summed E-state index contributed by atoms with van der Waals surface area (Å²) in [5.41, 5.74) is -1.11. The average Bonchev–Trinajstić information content (AvgIpc) is 2.24. The van der Waals surface area contributed by atoms with Crippen LogP contribution in [-0.2, 0) is 15.5 Å². The molecule has 0 fully saturated rings. The van der Waals surface area contributed by atoms with Crippen LogP contribution in [0.25, 0.3) is 0 Å². The van der Waals surface area contributed by atoms with E-state index >= 15 is 0 Å². The molecule has 0 amide bonds. The van der Waals surface area contributed by atoms with E-state index in [0.29, 0.717) is 13.0 Å². The molecule has 0 rings (SSSR count). The van der Waals surface area contributed by atoms with Crippen LogP contribution in [0.3, 0.4) is 0 Å². The van der Waals surface area contributed by atoms with Gasteiger partial charge in [0.05, 0.1) is 32.0 Å². The summed E-state index contributed by atoms with van der Waals surface area (Å²) in [5.74, 6) is 0. The predicted molar refractivity (Wildman–Crippen MR) is 53.3 cm³/mol. The Balaban J connectivity index is 3.67. The largest absolute Gasteiger partial charge is 0.394 e. The van der Waals surface area contributed by atoms with Gasteiger partial charge in [-0.05, 0) is 13.0 Å². The lowest BCUT2D eigenvalue weighted by Gasteiger charge is -2.28. The minimum Gasteiger partial charge on any atom is -0.394 e. The molecule has 15 heavy (non-hydrogen) atoms. The third-order valence-electron chi connectivity index (χ3n) is 1.91. The van der Waals surface area contributed by atoms with Gasteiger partial charge in [-0.2, -0.15) is 4.21 Å². The highest BCUT2D eigenvalue weighted by Gasteiger charge is 2.26. The second-order valence-corrected chi connectivity index (χ2v) is 3.74. The molecule has 0 aliphatic rings. The highest BCUT2D eigenvalue weighted by molar-refractivity contribution is 7.74. The number of hydrogen-bond acceptors (Lipinski definition) is 6. The first-order chi connectivity index (χ1) is 7.10. The van der Waals surface area contributed by atoms with Gasteiger partial charge in [-0.25, -0.2) is 0 Å². The quantitative estimate of drug-likeness (QED) is 0.231. The van der Waals surface area contributed by atoms with Crippen LogP contribution in [0.2, 0.25) is 0 Å². The second kappa shape index (κ2) is 8.11. The van der Waals surface area contributed by atoms with Crippen molar-refractivity contribution in [1.29, 1.82) is 0 Å². The molecular weight excluding hydrogens is 226 g/mol. The van der Waals surface area contributed by atoms with Crippen molar-refractivity contribution in [1.82, 2.24) is 5.32 Å². The lowest BCUT2D eigenvalue weighted by Crippen LogP contribution is -2.55. The number of nitrogens with one attached hydrogen (secondary N) is 1. The topological polar surface area (TPSA) is 119 Å². The van der Waals surface area contributed by atoms with E-state index in [1.807, 2.05) is 0 Å². The monoisotopic (exact) mass is 243 g/mol. The minimum atomic E-state index is -2.27. The summed E-state index contributed by atoms with van der Waals surface area (Å²) >= 11 is -2.27. The zero-order chi connectivity index (χ0) is 11.7. The van der Waals surface area contributed by atoms with E-state index in [2.05, 4.69) is 9.50 Å². The van der Waals surface area contributed by atoms with Crippen LogP contribution in [0.5, 0.6) is 0 Å². The van der Waals surface area contributed by atoms with Gasteiger partial charge in [0.15, 0.2) is 0 Å². The Bertz CT molecular complexity index is 178. The molecule has 0 aliphatic carbocycles. The van der Waals surface area contributed by atoms with E-state index in [1.54, 1.807) is 0 Å². The van der Waals surface area contributed by atoms with Crippen molar-refractivity contribution in [3.63, 3.8) is 0 Å². The molecule has 0 aromatic heterocycles. The van der Waals surface area contributed by atoms with Gasteiger partial charge in [-0.3, -0.25) is 8.74 Å². The van der Waals surface area contributed by atoms with Gasteiger partial charge in [0.2, 0.25) is 0 Å². The van der Waals surface area contributed by atoms with E-state index in [0.717, 1.165) is 0 Å². The maximum absolute atomic E-state index is 10.1. The number of aliphatic hydroxyl groups is 3. The summed E-state index contributed by atoms with van der Waals surface area (Å²) in [6.45, 7) is -0.764. The number of aliphatic hydroxyl groups excluding tert-OH is 3. The first kappa shape index (κ1) is 14.9. The molecule has 0 bridgehead atoms. The fourth-order valence-corrected chi connectivity index (χ4v) is 1.13. The fraction of sp³-hybridized carbons (Fsp3) is 1.00. The van der Waals surface area contributed by atoms with Crippen molar-refractivity contribution in [2.24, 2.45) is 0 Å². The molecule has 0 aromatic carbocycles. The van der Waals surface area contributed by atoms with Crippen molar-refractivity contribution in [2.75, 3.05) is 33.0 Å². The van der Waals surface area contributed by atoms with Gasteiger partial charge in [-0.1, -0.05) is 0 Å². The Labute approximate surface area is 90.6 Å². The van der Waals surface area contributed by atoms with Crippen LogP contribution in [0.1, 0.15) is 6.42 Å². The van der Waals surface area contributed by atoms with E-state index in [1.165, 1.54) is 0 Å². The van der Waals surface area contributed by atoms with Crippen LogP contribution in [-0.4, -0.2) is 62.6 Å². The summed E-state index contributed by atoms with van der Waals surface area (Å²) in [5, 5.41) is 29.5. The van der Waals surface area contributed by atoms with Gasteiger partial charge < -0.3 is 20.6 Å². The molecule has 1 unspecified atom stereocenters. The Morgan fingerprint density at radius 3 is 2.13 bits per heavy atom. The molecule has 8 heteroatoms. The molecule has 0 heterocycles. The fourth-order valence-electron chi connectivity index (χ4n) is 0.874. The van der Waals surface area contributed by atoms with Gasteiger partial charge in [0.1, 0.15) is 0 Å². The van der Waals surface area contributed by atoms with E-state index < -0.39 is 36.7 Å². The summed E-state index contributed by atoms with van der Waals surface area (Å²) in [4.78, 5) is 0. The van der Waals surface area contributed by atoms with Gasteiger partial charge in [-0.15, -0.1) is 0 Å². The summed E-state index contributed by atoms with van der Waals surface area (Å²) in [6.07, 6.45) is 0.425. The third-order valence-corrected chi connectivity index (χ3v) is 2.28. The van der Waals surface area contributed by atoms with E-state index in [-0.39, 0.29) is 6.61 Å². The maximum Gasteiger partial charge on any atom is 0.301 e. The van der Waals surface area contributed by atoms with Crippen molar-refractivity contribution < 1.29 is 28.3 Å². The highest BCUT2D eigenvalue weighted by atomic mass is 32.2. The Morgan fingerprint density at radius 2 is 1.73 bits per heavy atom. The average molecular weight is 243 g/mol. The van der Waals surface area contributed by atoms with E-state index in [4.69, 9.17) is 19.9 Å². The number of rotatable bonds is 9. The normalized spacial score (nSPS) is 14.1. The van der Waals surface area contributed by atoms with Crippen molar-refractivity contribution in [3.05, 3.63) is 0 Å². The summed E-state index contributed by atoms with van der Waals surface area (Å²) in [7, 11) is 0. The second-order valence-electron chi connectivity index (χ2n) is 3.07. The molecule has 0 saturated carbocycles. The summed E-state index contributed by atoms with van der Waals surface area (Å²) < 4.78 is 22.7. The maximum atomic E-state index is 10.1. The molecule has 0 saturated heterocycles. The van der Waals surface area contributed by atoms with Crippen molar-refractivity contribution >= 4 is 11.4 Å². The number of hydrogen-bond donors (Lipinski definition) is 5. The SMILES string of the molecule is O=S(O)OCCCNC(CO)(CO)CO. The molecular formula is C7H17NO6S. The van der Waals surface area contributed by atoms with Gasteiger partial charge in [0, 0.05) is 0 Å².